The van der Waals surface area contributed by atoms with Gasteiger partial charge in [0, 0.05) is 18.1 Å². The highest BCUT2D eigenvalue weighted by Crippen LogP contribution is 2.19. The normalized spacial score (nSPS) is 11.8. The van der Waals surface area contributed by atoms with E-state index in [2.05, 4.69) is 0 Å². The Morgan fingerprint density at radius 3 is 1.80 bits per heavy atom. The zero-order valence-corrected chi connectivity index (χ0v) is 17.0. The van der Waals surface area contributed by atoms with E-state index in [0.29, 0.717) is 23.9 Å². The van der Waals surface area contributed by atoms with E-state index in [-0.39, 0.29) is 6.42 Å². The van der Waals surface area contributed by atoms with Gasteiger partial charge in [-0.2, -0.15) is 0 Å². The maximum Gasteiger partial charge on any atom is 0.321 e. The van der Waals surface area contributed by atoms with Gasteiger partial charge in [0.25, 0.3) is 0 Å². The third-order valence-electron chi connectivity index (χ3n) is 4.59. The lowest BCUT2D eigenvalue weighted by Gasteiger charge is -2.28. The lowest BCUT2D eigenvalue weighted by Crippen LogP contribution is -2.42. The number of nitrogens with zero attached hydrogens (tertiary/aromatic N) is 1. The fraction of sp³-hybridized carbons (Fsp3) is 0.167. The van der Waals surface area contributed by atoms with E-state index in [1.54, 1.807) is 29.2 Å². The van der Waals surface area contributed by atoms with E-state index in [1.165, 1.54) is 0 Å². The summed E-state index contributed by atoms with van der Waals surface area (Å²) in [5.74, 6) is -1.36. The largest absolute Gasteiger partial charge is 0.480 e. The molecule has 0 bridgehead atoms. The van der Waals surface area contributed by atoms with Crippen molar-refractivity contribution < 1.29 is 19.4 Å². The molecule has 3 rings (SSSR count). The Balaban J connectivity index is 1.78. The van der Waals surface area contributed by atoms with Crippen molar-refractivity contribution in [3.8, 4) is 5.75 Å². The summed E-state index contributed by atoms with van der Waals surface area (Å²) in [5, 5.41) is 10.4. The molecule has 0 aliphatic rings. The first-order valence-corrected chi connectivity index (χ1v) is 9.90. The second-order valence-electron chi connectivity index (χ2n) is 6.86. The van der Waals surface area contributed by atoms with Crippen molar-refractivity contribution in [3.63, 3.8) is 0 Å². The van der Waals surface area contributed by atoms with Crippen molar-refractivity contribution in [2.75, 3.05) is 0 Å². The Morgan fingerprint density at radius 2 is 1.33 bits per heavy atom. The molecule has 154 valence electrons. The monoisotopic (exact) mass is 423 g/mol. The van der Waals surface area contributed by atoms with Gasteiger partial charge in [-0.3, -0.25) is 14.5 Å². The van der Waals surface area contributed by atoms with Crippen molar-refractivity contribution in [1.82, 2.24) is 4.90 Å². The number of hydrogen-bond donors (Lipinski definition) is 1. The highest BCUT2D eigenvalue weighted by Gasteiger charge is 2.29. The molecule has 0 aliphatic heterocycles. The molecule has 1 N–H and O–H groups in total. The summed E-state index contributed by atoms with van der Waals surface area (Å²) in [6.45, 7) is 0.780. The number of carboxylic acid groups (broad SMARTS) is 1. The van der Waals surface area contributed by atoms with E-state index in [0.717, 1.165) is 11.1 Å². The molecule has 0 radical (unpaired) electrons. The van der Waals surface area contributed by atoms with Crippen LogP contribution in [0.15, 0.2) is 84.9 Å². The molecular weight excluding hydrogens is 402 g/mol. The van der Waals surface area contributed by atoms with Gasteiger partial charge < -0.3 is 9.84 Å². The minimum atomic E-state index is -1.07. The Labute approximate surface area is 180 Å². The fourth-order valence-corrected chi connectivity index (χ4v) is 3.24. The predicted octanol–water partition coefficient (Wildman–Crippen LogP) is 4.79. The van der Waals surface area contributed by atoms with E-state index < -0.39 is 18.0 Å². The smallest absolute Gasteiger partial charge is 0.321 e. The van der Waals surface area contributed by atoms with Gasteiger partial charge in [0.15, 0.2) is 0 Å². The number of carbonyl (C=O) groups excluding carboxylic acids is 1. The summed E-state index contributed by atoms with van der Waals surface area (Å²) in [4.78, 5) is 26.3. The van der Waals surface area contributed by atoms with Crippen LogP contribution in [0.2, 0.25) is 5.02 Å². The number of halogens is 1. The Kier molecular flexibility index (Phi) is 7.60. The van der Waals surface area contributed by atoms with Crippen LogP contribution in [0.1, 0.15) is 17.5 Å². The van der Waals surface area contributed by atoms with Crippen LogP contribution >= 0.6 is 11.6 Å². The highest BCUT2D eigenvalue weighted by molar-refractivity contribution is 6.30. The average Bonchev–Trinajstić information content (AvgIpc) is 2.74. The van der Waals surface area contributed by atoms with Gasteiger partial charge in [0.2, 0.25) is 0 Å². The topological polar surface area (TPSA) is 66.8 Å². The molecule has 3 aromatic carbocycles. The SMILES string of the molecule is O=C(C[C@@H](C(=O)O)N(Cc1ccccc1)Cc1ccccc1)Oc1ccc(Cl)cc1. The van der Waals surface area contributed by atoms with Crippen LogP contribution in [-0.2, 0) is 22.7 Å². The summed E-state index contributed by atoms with van der Waals surface area (Å²) < 4.78 is 5.31. The van der Waals surface area contributed by atoms with Gasteiger partial charge in [0.1, 0.15) is 11.8 Å². The van der Waals surface area contributed by atoms with Crippen molar-refractivity contribution in [1.29, 1.82) is 0 Å². The molecule has 0 fully saturated rings. The third kappa shape index (κ3) is 6.44. The van der Waals surface area contributed by atoms with Crippen LogP contribution in [0.25, 0.3) is 0 Å². The predicted molar refractivity (Wildman–Crippen MR) is 115 cm³/mol. The molecule has 0 saturated heterocycles. The molecule has 30 heavy (non-hydrogen) atoms. The van der Waals surface area contributed by atoms with E-state index in [4.69, 9.17) is 16.3 Å². The molecule has 3 aromatic rings. The molecule has 5 nitrogen and oxygen atoms in total. The molecule has 0 aromatic heterocycles. The molecule has 0 aliphatic carbocycles. The van der Waals surface area contributed by atoms with Crippen LogP contribution < -0.4 is 4.74 Å². The van der Waals surface area contributed by atoms with Crippen LogP contribution in [0.3, 0.4) is 0 Å². The van der Waals surface area contributed by atoms with Crippen LogP contribution in [0.4, 0.5) is 0 Å². The second kappa shape index (κ2) is 10.6. The minimum Gasteiger partial charge on any atom is -0.480 e. The van der Waals surface area contributed by atoms with Crippen LogP contribution in [-0.4, -0.2) is 28.0 Å². The number of rotatable bonds is 9. The Bertz CT molecular complexity index is 920. The zero-order chi connectivity index (χ0) is 21.3. The number of benzene rings is 3. The van der Waals surface area contributed by atoms with Gasteiger partial charge in [-0.15, -0.1) is 0 Å². The summed E-state index contributed by atoms with van der Waals surface area (Å²) in [5.41, 5.74) is 1.93. The lowest BCUT2D eigenvalue weighted by atomic mass is 10.1. The highest BCUT2D eigenvalue weighted by atomic mass is 35.5. The standard InChI is InChI=1S/C24H22ClNO4/c25-20-11-13-21(14-12-20)30-23(27)15-22(24(28)29)26(16-18-7-3-1-4-8-18)17-19-9-5-2-6-10-19/h1-14,22H,15-17H2,(H,28,29)/t22-/m0/s1. The number of aliphatic carboxylic acids is 1. The zero-order valence-electron chi connectivity index (χ0n) is 16.3. The third-order valence-corrected chi connectivity index (χ3v) is 4.84. The Hall–Kier alpha value is -3.15. The number of ether oxygens (including phenoxy) is 1. The summed E-state index contributed by atoms with van der Waals surface area (Å²) in [6, 6.07) is 24.5. The van der Waals surface area contributed by atoms with Gasteiger partial charge in [-0.25, -0.2) is 0 Å². The van der Waals surface area contributed by atoms with E-state index in [1.807, 2.05) is 60.7 Å². The lowest BCUT2D eigenvalue weighted by molar-refractivity contribution is -0.149. The van der Waals surface area contributed by atoms with Gasteiger partial charge in [-0.1, -0.05) is 72.3 Å². The summed E-state index contributed by atoms with van der Waals surface area (Å²) >= 11 is 5.84. The first kappa shape index (κ1) is 21.6. The van der Waals surface area contributed by atoms with Crippen molar-refractivity contribution in [2.45, 2.75) is 25.6 Å². The maximum atomic E-state index is 12.5. The van der Waals surface area contributed by atoms with E-state index >= 15 is 0 Å². The first-order valence-electron chi connectivity index (χ1n) is 9.52. The molecule has 0 amide bonds. The van der Waals surface area contributed by atoms with Gasteiger partial charge >= 0.3 is 11.9 Å². The van der Waals surface area contributed by atoms with Crippen LogP contribution in [0, 0.1) is 0 Å². The summed E-state index contributed by atoms with van der Waals surface area (Å²) in [7, 11) is 0. The van der Waals surface area contributed by atoms with Crippen molar-refractivity contribution >= 4 is 23.5 Å². The molecule has 0 spiro atoms. The summed E-state index contributed by atoms with van der Waals surface area (Å²) in [6.07, 6.45) is -0.280. The van der Waals surface area contributed by atoms with E-state index in [9.17, 15) is 14.7 Å². The number of carboxylic acids is 1. The quantitative estimate of drug-likeness (QED) is 0.396. The van der Waals surface area contributed by atoms with Gasteiger partial charge in [-0.05, 0) is 35.4 Å². The molecule has 1 atom stereocenters. The second-order valence-corrected chi connectivity index (χ2v) is 7.30. The average molecular weight is 424 g/mol. The van der Waals surface area contributed by atoms with Crippen molar-refractivity contribution in [3.05, 3.63) is 101 Å². The first-order chi connectivity index (χ1) is 14.5. The minimum absolute atomic E-state index is 0.280. The number of hydrogen-bond acceptors (Lipinski definition) is 4. The van der Waals surface area contributed by atoms with Crippen LogP contribution in [0.5, 0.6) is 5.75 Å². The number of esters is 1. The fourth-order valence-electron chi connectivity index (χ4n) is 3.12. The molecule has 0 heterocycles. The molecule has 0 unspecified atom stereocenters. The van der Waals surface area contributed by atoms with Crippen molar-refractivity contribution in [2.24, 2.45) is 0 Å². The number of carbonyl (C=O) groups is 2. The maximum absolute atomic E-state index is 12.5. The van der Waals surface area contributed by atoms with Gasteiger partial charge in [0.05, 0.1) is 6.42 Å². The molecule has 6 heteroatoms. The Morgan fingerprint density at radius 1 is 0.833 bits per heavy atom. The molecular formula is C24H22ClNO4. The molecule has 0 saturated carbocycles.